The Morgan fingerprint density at radius 1 is 1.35 bits per heavy atom. The highest BCUT2D eigenvalue weighted by molar-refractivity contribution is 7.98. The van der Waals surface area contributed by atoms with Gasteiger partial charge in [-0.25, -0.2) is 4.68 Å². The maximum absolute atomic E-state index is 5.88. The van der Waals surface area contributed by atoms with Gasteiger partial charge in [-0.05, 0) is 47.5 Å². The Hall–Kier alpha value is -1.11. The number of benzene rings is 1. The van der Waals surface area contributed by atoms with Crippen LogP contribution in [0.25, 0.3) is 0 Å². The number of nitrogens with zero attached hydrogens (tertiary/aromatic N) is 4. The average Bonchev–Trinajstić information content (AvgIpc) is 3.11. The average molecular weight is 310 g/mol. The lowest BCUT2D eigenvalue weighted by Gasteiger charge is -2.10. The summed E-state index contributed by atoms with van der Waals surface area (Å²) in [5.74, 6) is 0.843. The summed E-state index contributed by atoms with van der Waals surface area (Å²) < 4.78 is 1.89. The molecule has 0 aliphatic carbocycles. The summed E-state index contributed by atoms with van der Waals surface area (Å²) in [5, 5.41) is 17.1. The number of tetrazole rings is 1. The maximum Gasteiger partial charge on any atom is 0.209 e. The molecule has 0 bridgehead atoms. The van der Waals surface area contributed by atoms with E-state index in [2.05, 4.69) is 20.8 Å². The summed E-state index contributed by atoms with van der Waals surface area (Å²) in [6.45, 7) is 1.94. The highest BCUT2D eigenvalue weighted by Crippen LogP contribution is 2.21. The van der Waals surface area contributed by atoms with Crippen LogP contribution in [0, 0.1) is 0 Å². The second-order valence-corrected chi connectivity index (χ2v) is 6.23. The number of halogens is 1. The zero-order valence-electron chi connectivity index (χ0n) is 11.0. The Kier molecular flexibility index (Phi) is 4.54. The molecule has 1 fully saturated rings. The van der Waals surface area contributed by atoms with Crippen LogP contribution < -0.4 is 5.32 Å². The second kappa shape index (κ2) is 6.56. The van der Waals surface area contributed by atoms with E-state index in [1.54, 1.807) is 11.8 Å². The van der Waals surface area contributed by atoms with Crippen LogP contribution in [0.5, 0.6) is 0 Å². The molecule has 1 aliphatic heterocycles. The molecule has 1 atom stereocenters. The van der Waals surface area contributed by atoms with Crippen LogP contribution in [0.3, 0.4) is 0 Å². The topological polar surface area (TPSA) is 55.6 Å². The fourth-order valence-corrected chi connectivity index (χ4v) is 3.23. The highest BCUT2D eigenvalue weighted by Gasteiger charge is 2.17. The lowest BCUT2D eigenvalue weighted by atomic mass is 10.2. The number of aromatic nitrogens is 4. The number of rotatable bonds is 5. The molecule has 1 aromatic carbocycles. The van der Waals surface area contributed by atoms with Crippen molar-refractivity contribution >= 4 is 23.4 Å². The van der Waals surface area contributed by atoms with E-state index in [1.165, 1.54) is 18.4 Å². The van der Waals surface area contributed by atoms with Crippen molar-refractivity contribution in [1.82, 2.24) is 25.5 Å². The summed E-state index contributed by atoms with van der Waals surface area (Å²) in [4.78, 5) is 0. The predicted octanol–water partition coefficient (Wildman–Crippen LogP) is 2.37. The first-order chi connectivity index (χ1) is 9.81. The quantitative estimate of drug-likeness (QED) is 0.859. The Morgan fingerprint density at radius 3 is 2.95 bits per heavy atom. The molecule has 1 saturated heterocycles. The molecule has 0 saturated carbocycles. The van der Waals surface area contributed by atoms with Crippen LogP contribution in [-0.4, -0.2) is 32.8 Å². The van der Waals surface area contributed by atoms with Gasteiger partial charge in [-0.1, -0.05) is 35.5 Å². The van der Waals surface area contributed by atoms with E-state index < -0.39 is 0 Å². The van der Waals surface area contributed by atoms with Gasteiger partial charge in [0.1, 0.15) is 0 Å². The van der Waals surface area contributed by atoms with E-state index in [9.17, 15) is 0 Å². The molecule has 7 heteroatoms. The normalized spacial score (nSPS) is 18.6. The minimum atomic E-state index is 0.494. The SMILES string of the molecule is Clc1ccc(CSc2nnnn2C[C@H]2CCCN2)cc1. The number of nitrogens with one attached hydrogen (secondary N) is 1. The fraction of sp³-hybridized carbons (Fsp3) is 0.462. The number of thioether (sulfide) groups is 1. The molecule has 20 heavy (non-hydrogen) atoms. The van der Waals surface area contributed by atoms with Crippen LogP contribution in [0.1, 0.15) is 18.4 Å². The minimum Gasteiger partial charge on any atom is -0.312 e. The Balaban J connectivity index is 1.59. The van der Waals surface area contributed by atoms with Crippen molar-refractivity contribution in [1.29, 1.82) is 0 Å². The van der Waals surface area contributed by atoms with Crippen molar-refractivity contribution in [2.75, 3.05) is 6.54 Å². The molecule has 0 radical (unpaired) electrons. The molecular weight excluding hydrogens is 294 g/mol. The van der Waals surface area contributed by atoms with E-state index in [4.69, 9.17) is 11.6 Å². The van der Waals surface area contributed by atoms with E-state index in [0.717, 1.165) is 29.0 Å². The molecule has 0 unspecified atom stereocenters. The number of hydrogen-bond acceptors (Lipinski definition) is 5. The Labute approximate surface area is 127 Å². The van der Waals surface area contributed by atoms with Crippen molar-refractivity contribution in [3.05, 3.63) is 34.9 Å². The van der Waals surface area contributed by atoms with Crippen LogP contribution in [0.4, 0.5) is 0 Å². The number of hydrogen-bond donors (Lipinski definition) is 1. The summed E-state index contributed by atoms with van der Waals surface area (Å²) in [5.41, 5.74) is 1.22. The predicted molar refractivity (Wildman–Crippen MR) is 79.9 cm³/mol. The maximum atomic E-state index is 5.88. The second-order valence-electron chi connectivity index (χ2n) is 4.85. The zero-order valence-corrected chi connectivity index (χ0v) is 12.6. The van der Waals surface area contributed by atoms with Crippen LogP contribution in [0.2, 0.25) is 5.02 Å². The van der Waals surface area contributed by atoms with Gasteiger partial charge in [-0.3, -0.25) is 0 Å². The van der Waals surface area contributed by atoms with Crippen LogP contribution in [0.15, 0.2) is 29.4 Å². The zero-order chi connectivity index (χ0) is 13.8. The Morgan fingerprint density at radius 2 is 2.20 bits per heavy atom. The van der Waals surface area contributed by atoms with E-state index in [0.29, 0.717) is 6.04 Å². The van der Waals surface area contributed by atoms with Gasteiger partial charge in [-0.2, -0.15) is 0 Å². The standard InChI is InChI=1S/C13H16ClN5S/c14-11-5-3-10(4-6-11)9-20-13-16-17-18-19(13)8-12-2-1-7-15-12/h3-6,12,15H,1-2,7-9H2/t12-/m1/s1. The molecule has 5 nitrogen and oxygen atoms in total. The minimum absolute atomic E-state index is 0.494. The molecule has 0 spiro atoms. The van der Waals surface area contributed by atoms with E-state index >= 15 is 0 Å². The third-order valence-corrected chi connectivity index (χ3v) is 4.62. The molecule has 106 valence electrons. The van der Waals surface area contributed by atoms with Gasteiger partial charge in [0, 0.05) is 16.8 Å². The summed E-state index contributed by atoms with van der Waals surface area (Å²) in [6, 6.07) is 8.36. The largest absolute Gasteiger partial charge is 0.312 e. The molecule has 3 rings (SSSR count). The van der Waals surface area contributed by atoms with Crippen LogP contribution >= 0.6 is 23.4 Å². The van der Waals surface area contributed by atoms with Crippen LogP contribution in [-0.2, 0) is 12.3 Å². The van der Waals surface area contributed by atoms with Crippen molar-refractivity contribution in [2.24, 2.45) is 0 Å². The van der Waals surface area contributed by atoms with Gasteiger partial charge < -0.3 is 5.32 Å². The molecule has 1 aromatic heterocycles. The molecule has 2 heterocycles. The molecule has 1 N–H and O–H groups in total. The molecule has 0 amide bonds. The fourth-order valence-electron chi connectivity index (χ4n) is 2.26. The lowest BCUT2D eigenvalue weighted by molar-refractivity contribution is 0.443. The summed E-state index contributed by atoms with van der Waals surface area (Å²) in [7, 11) is 0. The van der Waals surface area contributed by atoms with Crippen molar-refractivity contribution in [3.63, 3.8) is 0 Å². The van der Waals surface area contributed by atoms with Gasteiger partial charge in [0.05, 0.1) is 6.54 Å². The third kappa shape index (κ3) is 3.50. The van der Waals surface area contributed by atoms with Gasteiger partial charge in [0.15, 0.2) is 0 Å². The van der Waals surface area contributed by atoms with Crippen molar-refractivity contribution in [2.45, 2.75) is 36.3 Å². The smallest absolute Gasteiger partial charge is 0.209 e. The first-order valence-corrected chi connectivity index (χ1v) is 8.04. The van der Waals surface area contributed by atoms with Gasteiger partial charge >= 0.3 is 0 Å². The van der Waals surface area contributed by atoms with Gasteiger partial charge in [0.25, 0.3) is 0 Å². The molecular formula is C13H16ClN5S. The molecule has 1 aliphatic rings. The first kappa shape index (κ1) is 13.9. The van der Waals surface area contributed by atoms with E-state index in [1.807, 2.05) is 28.9 Å². The third-order valence-electron chi connectivity index (χ3n) is 3.34. The van der Waals surface area contributed by atoms with Crippen molar-refractivity contribution < 1.29 is 0 Å². The lowest BCUT2D eigenvalue weighted by Crippen LogP contribution is -2.27. The van der Waals surface area contributed by atoms with Gasteiger partial charge in [-0.15, -0.1) is 5.10 Å². The Bertz CT molecular complexity index is 550. The highest BCUT2D eigenvalue weighted by atomic mass is 35.5. The van der Waals surface area contributed by atoms with Crippen molar-refractivity contribution in [3.8, 4) is 0 Å². The van der Waals surface area contributed by atoms with Gasteiger partial charge in [0.2, 0.25) is 5.16 Å². The first-order valence-electron chi connectivity index (χ1n) is 6.68. The summed E-state index contributed by atoms with van der Waals surface area (Å²) in [6.07, 6.45) is 2.43. The molecule has 2 aromatic rings. The monoisotopic (exact) mass is 309 g/mol. The van der Waals surface area contributed by atoms with E-state index in [-0.39, 0.29) is 0 Å². The summed E-state index contributed by atoms with van der Waals surface area (Å²) >= 11 is 7.53.